The minimum absolute atomic E-state index is 0.603. The van der Waals surface area contributed by atoms with Gasteiger partial charge in [0.25, 0.3) is 0 Å². The van der Waals surface area contributed by atoms with Gasteiger partial charge in [-0.1, -0.05) is 18.2 Å². The number of hydrogen-bond donors (Lipinski definition) is 0. The molecule has 0 spiro atoms. The Bertz CT molecular complexity index is 650. The van der Waals surface area contributed by atoms with Crippen LogP contribution in [0, 0.1) is 0 Å². The van der Waals surface area contributed by atoms with Crippen LogP contribution in [0.4, 0.5) is 0 Å². The summed E-state index contributed by atoms with van der Waals surface area (Å²) in [4.78, 5) is 2.52. The van der Waals surface area contributed by atoms with Crippen LogP contribution in [-0.4, -0.2) is 45.1 Å². The lowest BCUT2D eigenvalue weighted by atomic mass is 10.0. The normalized spacial score (nSPS) is 22.1. The van der Waals surface area contributed by atoms with Crippen molar-refractivity contribution in [3.05, 3.63) is 30.0 Å². The summed E-state index contributed by atoms with van der Waals surface area (Å²) in [5.41, 5.74) is 0. The highest BCUT2D eigenvalue weighted by atomic mass is 32.2. The Balaban J connectivity index is 1.40. The summed E-state index contributed by atoms with van der Waals surface area (Å²) in [6.45, 7) is 1.99. The van der Waals surface area contributed by atoms with Crippen LogP contribution in [0.5, 0.6) is 0 Å². The van der Waals surface area contributed by atoms with Crippen molar-refractivity contribution in [2.75, 3.05) is 19.3 Å². The lowest BCUT2D eigenvalue weighted by molar-refractivity contribution is 0.182. The molecule has 2 aliphatic rings. The van der Waals surface area contributed by atoms with Crippen LogP contribution >= 0.6 is 11.8 Å². The van der Waals surface area contributed by atoms with E-state index in [4.69, 9.17) is 4.42 Å². The highest BCUT2D eigenvalue weighted by molar-refractivity contribution is 7.99. The zero-order chi connectivity index (χ0) is 16.4. The molecule has 1 atom stereocenters. The molecule has 2 aromatic heterocycles. The van der Waals surface area contributed by atoms with Gasteiger partial charge in [-0.25, -0.2) is 0 Å². The molecule has 0 bridgehead atoms. The maximum absolute atomic E-state index is 5.54. The summed E-state index contributed by atoms with van der Waals surface area (Å²) in [7, 11) is 2.26. The fraction of sp³-hybridized carbons (Fsp3) is 0.667. The predicted octanol–water partition coefficient (Wildman–Crippen LogP) is 3.76. The van der Waals surface area contributed by atoms with Gasteiger partial charge < -0.3 is 9.32 Å². The van der Waals surface area contributed by atoms with Crippen LogP contribution in [0.1, 0.15) is 56.0 Å². The minimum Gasteiger partial charge on any atom is -0.467 e. The van der Waals surface area contributed by atoms with E-state index in [0.29, 0.717) is 5.92 Å². The molecule has 0 amide bonds. The van der Waals surface area contributed by atoms with E-state index in [1.807, 2.05) is 23.9 Å². The molecule has 24 heavy (non-hydrogen) atoms. The van der Waals surface area contributed by atoms with Crippen LogP contribution < -0.4 is 0 Å². The Kier molecular flexibility index (Phi) is 4.94. The Morgan fingerprint density at radius 3 is 2.92 bits per heavy atom. The lowest BCUT2D eigenvalue weighted by Gasteiger charge is -2.32. The molecular weight excluding hydrogens is 320 g/mol. The first kappa shape index (κ1) is 16.2. The minimum atomic E-state index is 0.603. The van der Waals surface area contributed by atoms with Crippen LogP contribution in [0.2, 0.25) is 0 Å². The average molecular weight is 347 g/mol. The summed E-state index contributed by atoms with van der Waals surface area (Å²) < 4.78 is 7.81. The van der Waals surface area contributed by atoms with Gasteiger partial charge in [0.05, 0.1) is 12.8 Å². The van der Waals surface area contributed by atoms with Crippen LogP contribution in [-0.2, 0) is 6.54 Å². The zero-order valence-corrected chi connectivity index (χ0v) is 15.2. The van der Waals surface area contributed by atoms with Gasteiger partial charge >= 0.3 is 0 Å². The monoisotopic (exact) mass is 346 g/mol. The van der Waals surface area contributed by atoms with Gasteiger partial charge in [-0.15, -0.1) is 10.2 Å². The van der Waals surface area contributed by atoms with E-state index in [2.05, 4.69) is 26.7 Å². The molecule has 130 valence electrons. The Morgan fingerprint density at radius 2 is 2.17 bits per heavy atom. The van der Waals surface area contributed by atoms with Crippen molar-refractivity contribution in [1.82, 2.24) is 19.7 Å². The maximum Gasteiger partial charge on any atom is 0.191 e. The van der Waals surface area contributed by atoms with E-state index in [1.165, 1.54) is 45.1 Å². The number of aromatic nitrogens is 3. The van der Waals surface area contributed by atoms with Gasteiger partial charge in [0, 0.05) is 17.7 Å². The zero-order valence-electron chi connectivity index (χ0n) is 14.4. The SMILES string of the molecule is CN1CCCC[C@H]1CCSc1nnc(C2CC2)n1Cc1ccco1. The fourth-order valence-corrected chi connectivity index (χ4v) is 4.54. The molecule has 2 fully saturated rings. The van der Waals surface area contributed by atoms with Crippen molar-refractivity contribution < 1.29 is 4.42 Å². The van der Waals surface area contributed by atoms with Gasteiger partial charge in [-0.3, -0.25) is 4.57 Å². The molecule has 1 aliphatic heterocycles. The molecule has 4 rings (SSSR count). The predicted molar refractivity (Wildman–Crippen MR) is 95.4 cm³/mol. The second kappa shape index (κ2) is 7.31. The number of thioether (sulfide) groups is 1. The summed E-state index contributed by atoms with van der Waals surface area (Å²) >= 11 is 1.85. The van der Waals surface area contributed by atoms with E-state index in [-0.39, 0.29) is 0 Å². The highest BCUT2D eigenvalue weighted by Gasteiger charge is 2.30. The molecule has 1 saturated carbocycles. The molecule has 2 aromatic rings. The third-order valence-electron chi connectivity index (χ3n) is 5.19. The van der Waals surface area contributed by atoms with Crippen LogP contribution in [0.25, 0.3) is 0 Å². The number of furan rings is 1. The van der Waals surface area contributed by atoms with E-state index in [9.17, 15) is 0 Å². The smallest absolute Gasteiger partial charge is 0.191 e. The van der Waals surface area contributed by atoms with E-state index in [0.717, 1.165) is 35.1 Å². The molecule has 0 radical (unpaired) electrons. The van der Waals surface area contributed by atoms with Crippen molar-refractivity contribution >= 4 is 11.8 Å². The molecule has 1 aliphatic carbocycles. The quantitative estimate of drug-likeness (QED) is 0.714. The molecule has 0 N–H and O–H groups in total. The molecule has 1 saturated heterocycles. The van der Waals surface area contributed by atoms with E-state index in [1.54, 1.807) is 6.26 Å². The van der Waals surface area contributed by atoms with Gasteiger partial charge in [0.15, 0.2) is 5.16 Å². The van der Waals surface area contributed by atoms with Gasteiger partial charge in [-0.05, 0) is 57.8 Å². The second-order valence-electron chi connectivity index (χ2n) is 7.05. The summed E-state index contributed by atoms with van der Waals surface area (Å²) in [5, 5.41) is 10.0. The third-order valence-corrected chi connectivity index (χ3v) is 6.19. The standard InChI is InChI=1S/C18H26N4OS/c1-21-10-3-2-5-15(21)9-12-24-18-20-19-17(14-7-8-14)22(18)13-16-6-4-11-23-16/h4,6,11,14-15H,2-3,5,7-10,12-13H2,1H3/t15-/m0/s1. The summed E-state index contributed by atoms with van der Waals surface area (Å²) in [6.07, 6.45) is 9.52. The lowest BCUT2D eigenvalue weighted by Crippen LogP contribution is -2.36. The fourth-order valence-electron chi connectivity index (χ4n) is 3.55. The molecule has 6 heteroatoms. The second-order valence-corrected chi connectivity index (χ2v) is 8.11. The first-order chi connectivity index (χ1) is 11.8. The molecule has 0 aromatic carbocycles. The average Bonchev–Trinajstić information content (AvgIpc) is 3.15. The number of rotatable bonds is 7. The number of piperidine rings is 1. The Morgan fingerprint density at radius 1 is 1.25 bits per heavy atom. The summed E-state index contributed by atoms with van der Waals surface area (Å²) in [6, 6.07) is 4.71. The molecular formula is C18H26N4OS. The summed E-state index contributed by atoms with van der Waals surface area (Å²) in [5.74, 6) is 3.83. The topological polar surface area (TPSA) is 47.1 Å². The number of likely N-dealkylation sites (tertiary alicyclic amines) is 1. The molecule has 3 heterocycles. The van der Waals surface area contributed by atoms with Crippen molar-refractivity contribution in [2.24, 2.45) is 0 Å². The number of hydrogen-bond acceptors (Lipinski definition) is 5. The van der Waals surface area contributed by atoms with Crippen LogP contribution in [0.15, 0.2) is 28.0 Å². The Hall–Kier alpha value is -1.27. The van der Waals surface area contributed by atoms with Gasteiger partial charge in [0.2, 0.25) is 0 Å². The van der Waals surface area contributed by atoms with E-state index < -0.39 is 0 Å². The van der Waals surface area contributed by atoms with Crippen molar-refractivity contribution in [3.8, 4) is 0 Å². The van der Waals surface area contributed by atoms with Crippen LogP contribution in [0.3, 0.4) is 0 Å². The van der Waals surface area contributed by atoms with Crippen molar-refractivity contribution in [2.45, 2.75) is 62.2 Å². The first-order valence-electron chi connectivity index (χ1n) is 9.10. The third kappa shape index (κ3) is 3.70. The van der Waals surface area contributed by atoms with Crippen molar-refractivity contribution in [1.29, 1.82) is 0 Å². The Labute approximate surface area is 147 Å². The molecule has 0 unspecified atom stereocenters. The highest BCUT2D eigenvalue weighted by Crippen LogP contribution is 2.40. The van der Waals surface area contributed by atoms with Gasteiger partial charge in [-0.2, -0.15) is 0 Å². The van der Waals surface area contributed by atoms with Gasteiger partial charge in [0.1, 0.15) is 11.6 Å². The van der Waals surface area contributed by atoms with E-state index >= 15 is 0 Å². The molecule has 5 nitrogen and oxygen atoms in total. The first-order valence-corrected chi connectivity index (χ1v) is 10.1. The maximum atomic E-state index is 5.54. The van der Waals surface area contributed by atoms with Crippen molar-refractivity contribution in [3.63, 3.8) is 0 Å². The number of nitrogens with zero attached hydrogens (tertiary/aromatic N) is 4. The largest absolute Gasteiger partial charge is 0.467 e.